The Balaban J connectivity index is 4.36. The molecule has 0 bridgehead atoms. The van der Waals surface area contributed by atoms with Gasteiger partial charge in [-0.2, -0.15) is 0 Å². The van der Waals surface area contributed by atoms with E-state index in [1.165, 1.54) is 0 Å². The quantitative estimate of drug-likeness (QED) is 0.501. The van der Waals surface area contributed by atoms with Crippen LogP contribution in [0.15, 0.2) is 35.6 Å². The molecular weight excluding hydrogens is 148 g/mol. The number of hydrogen-bond acceptors (Lipinski definition) is 1. The van der Waals surface area contributed by atoms with Crippen LogP contribution in [0.25, 0.3) is 0 Å². The minimum Gasteiger partial charge on any atom is -0.508 e. The van der Waals surface area contributed by atoms with Gasteiger partial charge in [-0.05, 0) is 31.4 Å². The molecule has 0 spiro atoms. The molecule has 12 heavy (non-hydrogen) atoms. The molecule has 0 saturated heterocycles. The number of hydrogen-bond donors (Lipinski definition) is 1. The van der Waals surface area contributed by atoms with Crippen LogP contribution in [0.4, 0.5) is 0 Å². The van der Waals surface area contributed by atoms with Gasteiger partial charge >= 0.3 is 0 Å². The highest BCUT2D eigenvalue weighted by Gasteiger charge is 2.00. The predicted octanol–water partition coefficient (Wildman–Crippen LogP) is 3.61. The average molecular weight is 166 g/mol. The van der Waals surface area contributed by atoms with Crippen LogP contribution in [-0.4, -0.2) is 5.11 Å². The van der Waals surface area contributed by atoms with Gasteiger partial charge in [-0.3, -0.25) is 0 Å². The summed E-state index contributed by atoms with van der Waals surface area (Å²) in [6, 6.07) is 0. The fourth-order valence-corrected chi connectivity index (χ4v) is 0.685. The molecule has 0 unspecified atom stereocenters. The number of aliphatic hydroxyl groups excluding tert-OH is 1. The first-order chi connectivity index (χ1) is 5.59. The zero-order chi connectivity index (χ0) is 9.56. The molecule has 0 radical (unpaired) electrons. The van der Waals surface area contributed by atoms with E-state index in [0.717, 1.165) is 5.57 Å². The summed E-state index contributed by atoms with van der Waals surface area (Å²) in [5.41, 5.74) is 1.02. The lowest BCUT2D eigenvalue weighted by Gasteiger charge is -2.05. The van der Waals surface area contributed by atoms with Crippen molar-refractivity contribution in [2.24, 2.45) is 5.92 Å². The highest BCUT2D eigenvalue weighted by molar-refractivity contribution is 5.21. The zero-order valence-corrected chi connectivity index (χ0v) is 8.33. The smallest absolute Gasteiger partial charge is 0.114 e. The lowest BCUT2D eigenvalue weighted by molar-refractivity contribution is 0.417. The Morgan fingerprint density at radius 2 is 1.83 bits per heavy atom. The van der Waals surface area contributed by atoms with Gasteiger partial charge in [0.2, 0.25) is 0 Å². The Morgan fingerprint density at radius 3 is 2.25 bits per heavy atom. The molecule has 0 aliphatic heterocycles. The van der Waals surface area contributed by atoms with Crippen LogP contribution in [-0.2, 0) is 0 Å². The molecule has 0 aliphatic rings. The molecule has 68 valence electrons. The monoisotopic (exact) mass is 166 g/mol. The number of aliphatic hydroxyl groups is 1. The van der Waals surface area contributed by atoms with E-state index in [4.69, 9.17) is 0 Å². The Kier molecular flexibility index (Phi) is 5.18. The zero-order valence-electron chi connectivity index (χ0n) is 8.33. The van der Waals surface area contributed by atoms with Crippen molar-refractivity contribution in [3.05, 3.63) is 35.6 Å². The van der Waals surface area contributed by atoms with Gasteiger partial charge in [-0.25, -0.2) is 0 Å². The van der Waals surface area contributed by atoms with Gasteiger partial charge in [0, 0.05) is 0 Å². The number of rotatable bonds is 3. The fourth-order valence-electron chi connectivity index (χ4n) is 0.685. The van der Waals surface area contributed by atoms with Crippen molar-refractivity contribution in [1.82, 2.24) is 0 Å². The van der Waals surface area contributed by atoms with Crippen LogP contribution < -0.4 is 0 Å². The van der Waals surface area contributed by atoms with Crippen LogP contribution >= 0.6 is 0 Å². The average Bonchev–Trinajstić information content (AvgIpc) is 2.03. The second-order valence-electron chi connectivity index (χ2n) is 3.11. The second-order valence-corrected chi connectivity index (χ2v) is 3.11. The van der Waals surface area contributed by atoms with Gasteiger partial charge in [0.1, 0.15) is 5.76 Å². The van der Waals surface area contributed by atoms with Gasteiger partial charge in [-0.1, -0.05) is 32.1 Å². The molecular formula is C11H18O. The van der Waals surface area contributed by atoms with Crippen LogP contribution in [0.1, 0.15) is 27.7 Å². The van der Waals surface area contributed by atoms with E-state index in [1.807, 2.05) is 32.1 Å². The molecule has 0 aromatic carbocycles. The van der Waals surface area contributed by atoms with Gasteiger partial charge in [-0.15, -0.1) is 0 Å². The summed E-state index contributed by atoms with van der Waals surface area (Å²) in [5, 5.41) is 9.47. The first-order valence-electron chi connectivity index (χ1n) is 4.28. The van der Waals surface area contributed by atoms with Crippen LogP contribution in [0.2, 0.25) is 0 Å². The minimum absolute atomic E-state index is 0.378. The van der Waals surface area contributed by atoms with Crippen LogP contribution in [0, 0.1) is 5.92 Å². The Bertz CT molecular complexity index is 207. The second kappa shape index (κ2) is 5.64. The lowest BCUT2D eigenvalue weighted by atomic mass is 10.0. The Morgan fingerprint density at radius 1 is 1.25 bits per heavy atom. The topological polar surface area (TPSA) is 20.2 Å². The Labute approximate surface area is 75.1 Å². The normalized spacial score (nSPS) is 14.8. The largest absolute Gasteiger partial charge is 0.508 e. The van der Waals surface area contributed by atoms with Crippen molar-refractivity contribution in [2.75, 3.05) is 0 Å². The molecule has 0 aromatic heterocycles. The maximum absolute atomic E-state index is 9.47. The van der Waals surface area contributed by atoms with Crippen molar-refractivity contribution in [3.8, 4) is 0 Å². The van der Waals surface area contributed by atoms with E-state index < -0.39 is 0 Å². The standard InChI is InChI=1S/C11H18O/c1-5-6-7-8-11(12)10(4)9(2)3/h5-9,12H,1-4H3/b6-5-,8-7-,11-10-. The van der Waals surface area contributed by atoms with Crippen LogP contribution in [0.3, 0.4) is 0 Å². The molecule has 0 saturated carbocycles. The summed E-state index contributed by atoms with van der Waals surface area (Å²) >= 11 is 0. The molecule has 0 rings (SSSR count). The SMILES string of the molecule is C\C=C/C=C\C(O)=C(/C)C(C)C. The Hall–Kier alpha value is -0.980. The molecule has 1 N–H and O–H groups in total. The van der Waals surface area contributed by atoms with Crippen molar-refractivity contribution >= 4 is 0 Å². The lowest BCUT2D eigenvalue weighted by Crippen LogP contribution is -1.92. The third-order valence-electron chi connectivity index (χ3n) is 1.83. The van der Waals surface area contributed by atoms with E-state index in [9.17, 15) is 5.11 Å². The maximum Gasteiger partial charge on any atom is 0.114 e. The van der Waals surface area contributed by atoms with E-state index in [1.54, 1.807) is 6.08 Å². The highest BCUT2D eigenvalue weighted by Crippen LogP contribution is 2.12. The summed E-state index contributed by atoms with van der Waals surface area (Å²) in [7, 11) is 0. The van der Waals surface area contributed by atoms with E-state index >= 15 is 0 Å². The van der Waals surface area contributed by atoms with Crippen LogP contribution in [0.5, 0.6) is 0 Å². The molecule has 0 fully saturated rings. The minimum atomic E-state index is 0.378. The van der Waals surface area contributed by atoms with E-state index in [2.05, 4.69) is 13.8 Å². The third-order valence-corrected chi connectivity index (χ3v) is 1.83. The molecule has 0 amide bonds. The predicted molar refractivity (Wildman–Crippen MR) is 54.1 cm³/mol. The molecule has 0 atom stereocenters. The third kappa shape index (κ3) is 4.02. The first-order valence-corrected chi connectivity index (χ1v) is 4.28. The summed E-state index contributed by atoms with van der Waals surface area (Å²) in [4.78, 5) is 0. The van der Waals surface area contributed by atoms with Gasteiger partial charge < -0.3 is 5.11 Å². The van der Waals surface area contributed by atoms with Crippen molar-refractivity contribution in [2.45, 2.75) is 27.7 Å². The fraction of sp³-hybridized carbons (Fsp3) is 0.455. The molecule has 0 heterocycles. The van der Waals surface area contributed by atoms with Gasteiger partial charge in [0.05, 0.1) is 0 Å². The highest BCUT2D eigenvalue weighted by atomic mass is 16.3. The van der Waals surface area contributed by atoms with E-state index in [-0.39, 0.29) is 0 Å². The summed E-state index contributed by atoms with van der Waals surface area (Å²) in [5.74, 6) is 0.781. The van der Waals surface area contributed by atoms with Crippen molar-refractivity contribution < 1.29 is 5.11 Å². The summed E-state index contributed by atoms with van der Waals surface area (Å²) < 4.78 is 0. The summed E-state index contributed by atoms with van der Waals surface area (Å²) in [6.45, 7) is 8.02. The first kappa shape index (κ1) is 11.0. The summed E-state index contributed by atoms with van der Waals surface area (Å²) in [6.07, 6.45) is 7.37. The molecule has 0 aromatic rings. The van der Waals surface area contributed by atoms with E-state index in [0.29, 0.717) is 11.7 Å². The number of allylic oxidation sites excluding steroid dienone is 5. The molecule has 0 aliphatic carbocycles. The molecule has 1 nitrogen and oxygen atoms in total. The van der Waals surface area contributed by atoms with Gasteiger partial charge in [0.25, 0.3) is 0 Å². The van der Waals surface area contributed by atoms with Crippen molar-refractivity contribution in [1.29, 1.82) is 0 Å². The molecule has 1 heteroatoms. The maximum atomic E-state index is 9.47. The van der Waals surface area contributed by atoms with Crippen molar-refractivity contribution in [3.63, 3.8) is 0 Å². The van der Waals surface area contributed by atoms with Gasteiger partial charge in [0.15, 0.2) is 0 Å².